The number of rotatable bonds is 4. The van der Waals surface area contributed by atoms with Gasteiger partial charge in [0.1, 0.15) is 5.82 Å². The topological polar surface area (TPSA) is 67.1 Å². The number of benzene rings is 1. The van der Waals surface area contributed by atoms with Crippen LogP contribution in [0.15, 0.2) is 29.3 Å². The zero-order chi connectivity index (χ0) is 16.8. The number of aliphatic imine (C=N–C) groups is 1. The lowest BCUT2D eigenvalue weighted by Gasteiger charge is -2.13. The molecule has 3 rings (SSSR count). The molecular formula is C17H24ClIN6. The zero-order valence-electron chi connectivity index (χ0n) is 14.3. The summed E-state index contributed by atoms with van der Waals surface area (Å²) in [5, 5.41) is 16.0. The predicted octanol–water partition coefficient (Wildman–Crippen LogP) is 3.14. The average Bonchev–Trinajstić information content (AvgIpc) is 2.83. The summed E-state index contributed by atoms with van der Waals surface area (Å²) in [6.45, 7) is 2.23. The number of guanidine groups is 1. The minimum absolute atomic E-state index is 0. The van der Waals surface area contributed by atoms with E-state index in [9.17, 15) is 0 Å². The number of aryl methyl sites for hydroxylation is 1. The van der Waals surface area contributed by atoms with E-state index < -0.39 is 0 Å². The monoisotopic (exact) mass is 474 g/mol. The quantitative estimate of drug-likeness (QED) is 0.406. The van der Waals surface area contributed by atoms with E-state index in [0.717, 1.165) is 41.2 Å². The van der Waals surface area contributed by atoms with Crippen LogP contribution in [-0.4, -0.2) is 27.8 Å². The molecule has 0 fully saturated rings. The van der Waals surface area contributed by atoms with E-state index in [4.69, 9.17) is 11.6 Å². The first kappa shape index (κ1) is 20.0. The summed E-state index contributed by atoms with van der Waals surface area (Å²) < 4.78 is 2.24. The summed E-state index contributed by atoms with van der Waals surface area (Å²) in [5.41, 5.74) is 1.04. The summed E-state index contributed by atoms with van der Waals surface area (Å²) in [5.74, 6) is 2.79. The van der Waals surface area contributed by atoms with E-state index in [2.05, 4.69) is 30.4 Å². The highest BCUT2D eigenvalue weighted by Gasteiger charge is 2.14. The van der Waals surface area contributed by atoms with Crippen LogP contribution < -0.4 is 10.6 Å². The molecule has 0 atom stereocenters. The molecule has 136 valence electrons. The fraction of sp³-hybridized carbons (Fsp3) is 0.471. The Labute approximate surface area is 170 Å². The highest BCUT2D eigenvalue weighted by atomic mass is 127. The highest BCUT2D eigenvalue weighted by Crippen LogP contribution is 2.15. The van der Waals surface area contributed by atoms with Crippen molar-refractivity contribution < 1.29 is 0 Å². The minimum Gasteiger partial charge on any atom is -0.352 e. The largest absolute Gasteiger partial charge is 0.352 e. The van der Waals surface area contributed by atoms with Crippen LogP contribution in [0.3, 0.4) is 0 Å². The SMILES string of the molecule is CN=C(NCc1ccccc1Cl)NCc1nnc2n1CCCCC2.I. The highest BCUT2D eigenvalue weighted by molar-refractivity contribution is 14.0. The van der Waals surface area contributed by atoms with Crippen LogP contribution in [0, 0.1) is 0 Å². The molecule has 1 aromatic carbocycles. The van der Waals surface area contributed by atoms with Gasteiger partial charge in [-0.15, -0.1) is 34.2 Å². The third-order valence-electron chi connectivity index (χ3n) is 4.23. The average molecular weight is 475 g/mol. The van der Waals surface area contributed by atoms with Gasteiger partial charge in [-0.25, -0.2) is 0 Å². The minimum atomic E-state index is 0. The van der Waals surface area contributed by atoms with Crippen LogP contribution in [0.2, 0.25) is 5.02 Å². The van der Waals surface area contributed by atoms with Crippen molar-refractivity contribution in [2.45, 2.75) is 45.3 Å². The fourth-order valence-electron chi connectivity index (χ4n) is 2.88. The summed E-state index contributed by atoms with van der Waals surface area (Å²) in [7, 11) is 1.76. The van der Waals surface area contributed by atoms with Crippen molar-refractivity contribution in [2.75, 3.05) is 7.05 Å². The van der Waals surface area contributed by atoms with Crippen LogP contribution in [0.4, 0.5) is 0 Å². The lowest BCUT2D eigenvalue weighted by molar-refractivity contribution is 0.596. The van der Waals surface area contributed by atoms with Crippen LogP contribution in [-0.2, 0) is 26.1 Å². The third kappa shape index (κ3) is 5.31. The Morgan fingerprint density at radius 2 is 1.96 bits per heavy atom. The van der Waals surface area contributed by atoms with Crippen molar-refractivity contribution >= 4 is 41.5 Å². The van der Waals surface area contributed by atoms with Crippen LogP contribution in [0.1, 0.15) is 36.5 Å². The Morgan fingerprint density at radius 1 is 1.16 bits per heavy atom. The first-order valence-electron chi connectivity index (χ1n) is 8.37. The van der Waals surface area contributed by atoms with E-state index in [-0.39, 0.29) is 24.0 Å². The molecular weight excluding hydrogens is 451 g/mol. The number of halogens is 2. The Hall–Kier alpha value is -1.35. The number of hydrogen-bond donors (Lipinski definition) is 2. The van der Waals surface area contributed by atoms with Gasteiger partial charge in [-0.05, 0) is 24.5 Å². The molecule has 0 amide bonds. The molecule has 2 N–H and O–H groups in total. The number of aromatic nitrogens is 3. The molecule has 2 heterocycles. The second-order valence-corrected chi connectivity index (χ2v) is 6.27. The smallest absolute Gasteiger partial charge is 0.191 e. The van der Waals surface area contributed by atoms with Crippen molar-refractivity contribution in [3.63, 3.8) is 0 Å². The number of nitrogens with zero attached hydrogens (tertiary/aromatic N) is 4. The molecule has 1 aliphatic heterocycles. The van der Waals surface area contributed by atoms with Gasteiger partial charge < -0.3 is 15.2 Å². The van der Waals surface area contributed by atoms with Crippen LogP contribution in [0.5, 0.6) is 0 Å². The molecule has 0 spiro atoms. The van der Waals surface area contributed by atoms with E-state index in [1.54, 1.807) is 7.05 Å². The Morgan fingerprint density at radius 3 is 2.76 bits per heavy atom. The number of fused-ring (bicyclic) bond motifs is 1. The van der Waals surface area contributed by atoms with Crippen LogP contribution in [0.25, 0.3) is 0 Å². The van der Waals surface area contributed by atoms with Gasteiger partial charge in [-0.3, -0.25) is 4.99 Å². The number of hydrogen-bond acceptors (Lipinski definition) is 3. The fourth-order valence-corrected chi connectivity index (χ4v) is 3.08. The first-order chi connectivity index (χ1) is 11.8. The van der Waals surface area contributed by atoms with Gasteiger partial charge in [0.05, 0.1) is 6.54 Å². The lowest BCUT2D eigenvalue weighted by Crippen LogP contribution is -2.37. The molecule has 0 bridgehead atoms. The summed E-state index contributed by atoms with van der Waals surface area (Å²) >= 11 is 6.18. The second kappa shape index (κ2) is 9.96. The Bertz CT molecular complexity index is 715. The summed E-state index contributed by atoms with van der Waals surface area (Å²) in [6, 6.07) is 7.79. The number of nitrogens with one attached hydrogen (secondary N) is 2. The zero-order valence-corrected chi connectivity index (χ0v) is 17.4. The normalized spacial score (nSPS) is 14.2. The summed E-state index contributed by atoms with van der Waals surface area (Å²) in [6.07, 6.45) is 4.67. The van der Waals surface area contributed by atoms with Gasteiger partial charge >= 0.3 is 0 Å². The van der Waals surface area contributed by atoms with E-state index in [1.165, 1.54) is 19.3 Å². The molecule has 8 heteroatoms. The van der Waals surface area contributed by atoms with E-state index in [1.807, 2.05) is 24.3 Å². The molecule has 1 aromatic heterocycles. The van der Waals surface area contributed by atoms with Crippen molar-refractivity contribution in [2.24, 2.45) is 4.99 Å². The van der Waals surface area contributed by atoms with Crippen molar-refractivity contribution in [1.29, 1.82) is 0 Å². The molecule has 0 saturated carbocycles. The maximum atomic E-state index is 6.18. The van der Waals surface area contributed by atoms with E-state index in [0.29, 0.717) is 13.1 Å². The molecule has 0 radical (unpaired) electrons. The Balaban J connectivity index is 0.00000225. The first-order valence-corrected chi connectivity index (χ1v) is 8.74. The molecule has 25 heavy (non-hydrogen) atoms. The lowest BCUT2D eigenvalue weighted by atomic mass is 10.2. The van der Waals surface area contributed by atoms with Gasteiger partial charge in [0.2, 0.25) is 0 Å². The molecule has 0 saturated heterocycles. The second-order valence-electron chi connectivity index (χ2n) is 5.87. The van der Waals surface area contributed by atoms with Gasteiger partial charge in [0.25, 0.3) is 0 Å². The molecule has 0 aliphatic carbocycles. The maximum absolute atomic E-state index is 6.18. The van der Waals surface area contributed by atoms with Gasteiger partial charge in [-0.1, -0.05) is 36.2 Å². The van der Waals surface area contributed by atoms with Crippen molar-refractivity contribution in [3.05, 3.63) is 46.5 Å². The van der Waals surface area contributed by atoms with Crippen molar-refractivity contribution in [3.8, 4) is 0 Å². The van der Waals surface area contributed by atoms with E-state index >= 15 is 0 Å². The van der Waals surface area contributed by atoms with Gasteiger partial charge in [-0.2, -0.15) is 0 Å². The van der Waals surface area contributed by atoms with Crippen LogP contribution >= 0.6 is 35.6 Å². The molecule has 1 aliphatic rings. The standard InChI is InChI=1S/C17H23ClN6.HI/c1-19-17(20-11-13-7-4-5-8-14(13)18)21-12-16-23-22-15-9-3-2-6-10-24(15)16;/h4-5,7-8H,2-3,6,9-12H2,1H3,(H2,19,20,21);1H. The van der Waals surface area contributed by atoms with Crippen molar-refractivity contribution in [1.82, 2.24) is 25.4 Å². The molecule has 6 nitrogen and oxygen atoms in total. The van der Waals surface area contributed by atoms with Gasteiger partial charge in [0.15, 0.2) is 11.8 Å². The maximum Gasteiger partial charge on any atom is 0.191 e. The molecule has 2 aromatic rings. The molecule has 0 unspecified atom stereocenters. The van der Waals surface area contributed by atoms with Gasteiger partial charge in [0, 0.05) is 31.6 Å². The third-order valence-corrected chi connectivity index (χ3v) is 4.60. The summed E-state index contributed by atoms with van der Waals surface area (Å²) in [4.78, 5) is 4.26. The Kier molecular flexibility index (Phi) is 7.95. The predicted molar refractivity (Wildman–Crippen MR) is 111 cm³/mol.